The topological polar surface area (TPSA) is 291 Å². The summed E-state index contributed by atoms with van der Waals surface area (Å²) >= 11 is 30.9. The maximum Gasteiger partial charge on any atom is 0.254 e. The van der Waals surface area contributed by atoms with Gasteiger partial charge in [-0.25, -0.2) is 45.2 Å². The van der Waals surface area contributed by atoms with E-state index in [0.29, 0.717) is 145 Å². The van der Waals surface area contributed by atoms with Crippen molar-refractivity contribution in [1.82, 2.24) is 76.8 Å². The number of sulfonamides is 1. The van der Waals surface area contributed by atoms with Gasteiger partial charge in [-0.3, -0.25) is 52.1 Å². The minimum atomic E-state index is -3.45. The number of ether oxygens (including phenoxy) is 1. The van der Waals surface area contributed by atoms with Gasteiger partial charge >= 0.3 is 0 Å². The fourth-order valence-corrected chi connectivity index (χ4v) is 19.3. The van der Waals surface area contributed by atoms with Crippen LogP contribution in [0.15, 0.2) is 168 Å². The molecule has 12 aromatic rings. The molecule has 3 amide bonds. The Morgan fingerprint density at radius 2 is 0.960 bits per heavy atom. The van der Waals surface area contributed by atoms with E-state index in [1.165, 1.54) is 50.0 Å². The van der Waals surface area contributed by atoms with Crippen molar-refractivity contribution in [2.24, 2.45) is 0 Å². The van der Waals surface area contributed by atoms with Crippen LogP contribution in [0, 0.1) is 0 Å². The summed E-state index contributed by atoms with van der Waals surface area (Å²) in [6, 6.07) is 38.7. The number of fused-ring (bicyclic) bond motifs is 5. The Morgan fingerprint density at radius 3 is 1.45 bits per heavy atom. The van der Waals surface area contributed by atoms with Crippen molar-refractivity contribution >= 4 is 134 Å². The van der Waals surface area contributed by atoms with Crippen molar-refractivity contribution in [2.75, 3.05) is 122 Å². The predicted molar refractivity (Wildman–Crippen MR) is 488 cm³/mol. The van der Waals surface area contributed by atoms with E-state index in [1.54, 1.807) is 92.8 Å². The Hall–Kier alpha value is -9.16. The molecule has 0 spiro atoms. The smallest absolute Gasteiger partial charge is 0.254 e. The second-order valence-electron chi connectivity index (χ2n) is 33.3. The van der Waals surface area contributed by atoms with Crippen molar-refractivity contribution in [3.05, 3.63) is 212 Å². The minimum Gasteiger partial charge on any atom is -0.381 e. The SMILES string of the molecule is CC(=O)N1CCN(Cc2c(-c3ccc(Cl)cc3)nc3ccc(S(=O)(=O)C(C)C)cn23)CC1.CN(c1ccc2nc(-c3ccc(Cl)cc3Cl)c(CN3CCN(C(=O)C(C)(C)O)CC3)n2c1)S(C)(=O)=O.CS(=O)(=O)c1ccc2nc(-c3ccc(Cl)cc3)c(CN3CCOCC3)n2c1.O=C1CCC2CN(Cc3c(-c4ccc(Cl)cc4)nc4cnc(C5CC5)cn34)CCN12. The van der Waals surface area contributed by atoms with E-state index < -0.39 is 40.5 Å². The molecule has 1 saturated carbocycles. The molecule has 1 atom stereocenters. The first-order valence-electron chi connectivity index (χ1n) is 41.5. The number of halogens is 5. The van der Waals surface area contributed by atoms with E-state index in [2.05, 4.69) is 40.1 Å². The van der Waals surface area contributed by atoms with E-state index in [4.69, 9.17) is 82.7 Å². The third-order valence-corrected chi connectivity index (χ3v) is 29.4. The summed E-state index contributed by atoms with van der Waals surface area (Å²) in [5.41, 5.74) is 14.0. The molecule has 1 unspecified atom stereocenters. The molecule has 1 N–H and O–H groups in total. The highest BCUT2D eigenvalue weighted by Gasteiger charge is 2.38. The number of hydrogen-bond donors (Lipinski definition) is 1. The Bertz CT molecular complexity index is 6380. The predicted octanol–water partition coefficient (Wildman–Crippen LogP) is 13.2. The number of aromatic nitrogens is 9. The molecule has 660 valence electrons. The highest BCUT2D eigenvalue weighted by atomic mass is 35.5. The van der Waals surface area contributed by atoms with Crippen molar-refractivity contribution in [3.8, 4) is 45.0 Å². The van der Waals surface area contributed by atoms with Gasteiger partial charge < -0.3 is 33.3 Å². The van der Waals surface area contributed by atoms with Gasteiger partial charge in [-0.1, -0.05) is 94.4 Å². The summed E-state index contributed by atoms with van der Waals surface area (Å²) in [5, 5.41) is 12.6. The Morgan fingerprint density at radius 1 is 0.520 bits per heavy atom. The number of amides is 3. The number of nitrogens with zero attached hydrogens (tertiary/aromatic N) is 17. The van der Waals surface area contributed by atoms with Crippen LogP contribution in [-0.4, -0.2) is 260 Å². The lowest BCUT2D eigenvalue weighted by atomic mass is 10.1. The summed E-state index contributed by atoms with van der Waals surface area (Å²) in [6.45, 7) is 21.2. The van der Waals surface area contributed by atoms with Crippen LogP contribution >= 0.6 is 58.0 Å². The number of hydrogen-bond acceptors (Lipinski definition) is 20. The number of anilines is 1. The zero-order valence-electron chi connectivity index (χ0n) is 70.8. The normalized spacial score (nSPS) is 17.2. The molecule has 13 heterocycles. The van der Waals surface area contributed by atoms with Crippen molar-refractivity contribution in [2.45, 2.75) is 119 Å². The van der Waals surface area contributed by atoms with Gasteiger partial charge in [0.1, 0.15) is 22.5 Å². The molecule has 125 heavy (non-hydrogen) atoms. The highest BCUT2D eigenvalue weighted by molar-refractivity contribution is 7.92. The summed E-state index contributed by atoms with van der Waals surface area (Å²) in [5.74, 6) is 0.706. The molecule has 1 aliphatic carbocycles. The molecular weight excluding hydrogens is 1760 g/mol. The van der Waals surface area contributed by atoms with Gasteiger partial charge in [0.25, 0.3) is 5.91 Å². The van der Waals surface area contributed by atoms with Crippen LogP contribution in [0.25, 0.3) is 67.6 Å². The maximum atomic E-state index is 12.8. The van der Waals surface area contributed by atoms with E-state index in [9.17, 15) is 44.7 Å². The second-order valence-corrected chi connectivity index (χ2v) is 42.0. The number of aliphatic hydroxyl groups is 1. The lowest BCUT2D eigenvalue weighted by Crippen LogP contribution is -2.53. The lowest BCUT2D eigenvalue weighted by molar-refractivity contribution is -0.149. The number of piperazine rings is 3. The number of pyridine rings is 3. The third-order valence-electron chi connectivity index (χ3n) is 23.7. The van der Waals surface area contributed by atoms with Crippen molar-refractivity contribution in [1.29, 1.82) is 0 Å². The Labute approximate surface area is 752 Å². The lowest BCUT2D eigenvalue weighted by Gasteiger charge is -2.37. The first-order valence-corrected chi connectivity index (χ1v) is 48.7. The molecule has 6 fully saturated rings. The molecule has 5 aliphatic heterocycles. The largest absolute Gasteiger partial charge is 0.381 e. The zero-order chi connectivity index (χ0) is 88.7. The van der Waals surface area contributed by atoms with E-state index in [1.807, 2.05) is 103 Å². The molecule has 8 aromatic heterocycles. The number of imidazole rings is 4. The summed E-state index contributed by atoms with van der Waals surface area (Å²) in [7, 11) is -8.67. The number of sulfone groups is 2. The molecule has 36 heteroatoms. The monoisotopic (exact) mass is 1850 g/mol. The maximum absolute atomic E-state index is 12.8. The number of carbonyl (C=O) groups is 3. The van der Waals surface area contributed by atoms with Crippen LogP contribution in [0.2, 0.25) is 25.1 Å². The first kappa shape index (κ1) is 90.6. The van der Waals surface area contributed by atoms with Crippen LogP contribution in [-0.2, 0) is 75.0 Å². The zero-order valence-corrected chi connectivity index (χ0v) is 77.0. The second kappa shape index (κ2) is 37.6. The van der Waals surface area contributed by atoms with Crippen LogP contribution in [0.1, 0.15) is 94.7 Å². The van der Waals surface area contributed by atoms with Crippen LogP contribution in [0.4, 0.5) is 5.69 Å². The van der Waals surface area contributed by atoms with Crippen molar-refractivity contribution in [3.63, 3.8) is 0 Å². The fourth-order valence-electron chi connectivity index (χ4n) is 16.3. The average Bonchev–Trinajstić information content (AvgIpc) is 1.63. The quantitative estimate of drug-likeness (QED) is 0.0786. The van der Waals surface area contributed by atoms with Gasteiger partial charge in [0, 0.05) is 217 Å². The van der Waals surface area contributed by atoms with Crippen molar-refractivity contribution < 1.29 is 49.5 Å². The highest BCUT2D eigenvalue weighted by Crippen LogP contribution is 2.41. The Balaban J connectivity index is 0.000000129. The van der Waals surface area contributed by atoms with Gasteiger partial charge in [0.05, 0.1) is 103 Å². The first-order chi connectivity index (χ1) is 59.5. The van der Waals surface area contributed by atoms with E-state index in [-0.39, 0.29) is 21.6 Å². The van der Waals surface area contributed by atoms with Crippen LogP contribution in [0.3, 0.4) is 0 Å². The summed E-state index contributed by atoms with van der Waals surface area (Å²) in [6.07, 6.45) is 15.7. The molecule has 6 aliphatic rings. The summed E-state index contributed by atoms with van der Waals surface area (Å²) < 4.78 is 88.4. The van der Waals surface area contributed by atoms with E-state index >= 15 is 0 Å². The molecule has 28 nitrogen and oxygen atoms in total. The number of benzene rings is 4. The number of carbonyl (C=O) groups excluding carboxylic acids is 3. The number of morpholine rings is 1. The number of rotatable bonds is 19. The standard InChI is InChI=1S/C24H29Cl2N5O4S.C23H24ClN5O.C23H27ClN4O3S.C19H20ClN3O3S/c1-24(2,33)23(32)30-11-9-29(10-12-30)15-20-22(18-7-5-16(25)13-19(18)26)27-21-8-6-17(14-31(20)21)28(3)36(4,34)35;24-17-5-3-16(4-6-17)23-20(14-27-9-10-28-18(12-27)7-8-22(28)30)29-13-19(15-1-2-15)25-11-21(29)26-23;1-16(2)32(30,31)20-8-9-22-25-23(18-4-6-19(24)7-5-18)21(28(22)14-20)15-26-10-12-27(13-11-26)17(3)29;1-27(24,25)16-6-7-18-21-19(14-2-4-15(20)5-3-14)17(23(18)12-16)13-22-8-10-26-11-9-22/h5-8,13-14,33H,9-12,15H2,1-4H3;3-6,11,13,15,18H,1-2,7-10,12,14H2;4-9,14,16H,10-13,15H2,1-3H3;2-7,12H,8-11,13H2,1H3. The molecule has 18 rings (SSSR count). The van der Waals surface area contributed by atoms with Crippen LogP contribution in [0.5, 0.6) is 0 Å². The van der Waals surface area contributed by atoms with Gasteiger partial charge in [-0.2, -0.15) is 0 Å². The molecule has 5 saturated heterocycles. The fraction of sp³-hybridized carbons (Fsp3) is 0.393. The van der Waals surface area contributed by atoms with Gasteiger partial charge in [0.15, 0.2) is 25.3 Å². The van der Waals surface area contributed by atoms with Crippen LogP contribution < -0.4 is 4.31 Å². The summed E-state index contributed by atoms with van der Waals surface area (Å²) in [4.78, 5) is 75.6. The van der Waals surface area contributed by atoms with E-state index in [0.717, 1.165) is 138 Å². The molecule has 4 aromatic carbocycles. The molecule has 0 radical (unpaired) electrons. The Kier molecular flexibility index (Phi) is 27.3. The third kappa shape index (κ3) is 20.8. The minimum absolute atomic E-state index is 0.0878. The van der Waals surface area contributed by atoms with Gasteiger partial charge in [-0.15, -0.1) is 0 Å². The molecular formula is C89H100Cl5N17O11S3. The average molecular weight is 1860 g/mol. The molecule has 0 bridgehead atoms. The van der Waals surface area contributed by atoms with Gasteiger partial charge in [0.2, 0.25) is 21.8 Å². The van der Waals surface area contributed by atoms with Gasteiger partial charge in [-0.05, 0) is 138 Å².